The SMILES string of the molecule is C=CCCC[C@@H](NC(=O)c1cnc2ccccc2c1)C(=O)OC. The molecule has 1 N–H and O–H groups in total. The van der Waals surface area contributed by atoms with Gasteiger partial charge in [0.15, 0.2) is 0 Å². The number of esters is 1. The third kappa shape index (κ3) is 4.39. The summed E-state index contributed by atoms with van der Waals surface area (Å²) in [6.07, 6.45) is 5.32. The second-order valence-electron chi connectivity index (χ2n) is 5.19. The number of carbonyl (C=O) groups is 2. The number of hydrogen-bond donors (Lipinski definition) is 1. The van der Waals surface area contributed by atoms with E-state index in [1.165, 1.54) is 13.3 Å². The molecule has 0 saturated heterocycles. The predicted molar refractivity (Wildman–Crippen MR) is 89.1 cm³/mol. The summed E-state index contributed by atoms with van der Waals surface area (Å²) in [6, 6.07) is 8.64. The van der Waals surface area contributed by atoms with Gasteiger partial charge in [0.2, 0.25) is 0 Å². The van der Waals surface area contributed by atoms with E-state index in [4.69, 9.17) is 4.74 Å². The summed E-state index contributed by atoms with van der Waals surface area (Å²) in [5.41, 5.74) is 1.24. The van der Waals surface area contributed by atoms with Gasteiger partial charge >= 0.3 is 5.97 Å². The van der Waals surface area contributed by atoms with Crippen molar-refractivity contribution in [2.24, 2.45) is 0 Å². The maximum Gasteiger partial charge on any atom is 0.328 e. The lowest BCUT2D eigenvalue weighted by Gasteiger charge is -2.16. The molecule has 2 rings (SSSR count). The quantitative estimate of drug-likeness (QED) is 0.485. The molecule has 0 aliphatic carbocycles. The summed E-state index contributed by atoms with van der Waals surface area (Å²) >= 11 is 0. The molecule has 0 aliphatic rings. The summed E-state index contributed by atoms with van der Waals surface area (Å²) < 4.78 is 4.75. The van der Waals surface area contributed by atoms with Crippen LogP contribution < -0.4 is 5.32 Å². The van der Waals surface area contributed by atoms with Gasteiger partial charge < -0.3 is 10.1 Å². The third-order valence-electron chi connectivity index (χ3n) is 3.54. The smallest absolute Gasteiger partial charge is 0.328 e. The minimum absolute atomic E-state index is 0.336. The van der Waals surface area contributed by atoms with E-state index in [1.807, 2.05) is 24.3 Å². The second kappa shape index (κ2) is 8.08. The van der Waals surface area contributed by atoms with Crippen LogP contribution in [0.15, 0.2) is 49.2 Å². The van der Waals surface area contributed by atoms with Gasteiger partial charge in [-0.1, -0.05) is 24.3 Å². The minimum atomic E-state index is -0.668. The molecule has 0 bridgehead atoms. The maximum atomic E-state index is 12.4. The maximum absolute atomic E-state index is 12.4. The number of fused-ring (bicyclic) bond motifs is 1. The molecule has 1 atom stereocenters. The first-order valence-electron chi connectivity index (χ1n) is 7.50. The number of ether oxygens (including phenoxy) is 1. The number of rotatable bonds is 7. The zero-order valence-corrected chi connectivity index (χ0v) is 13.1. The first-order chi connectivity index (χ1) is 11.2. The summed E-state index contributed by atoms with van der Waals surface area (Å²) in [6.45, 7) is 3.65. The Balaban J connectivity index is 2.12. The second-order valence-corrected chi connectivity index (χ2v) is 5.19. The number of benzene rings is 1. The molecule has 1 aromatic carbocycles. The molecule has 120 valence electrons. The Kier molecular flexibility index (Phi) is 5.86. The molecule has 5 nitrogen and oxygen atoms in total. The molecule has 0 saturated carbocycles. The van der Waals surface area contributed by atoms with Crippen molar-refractivity contribution in [3.63, 3.8) is 0 Å². The normalized spacial score (nSPS) is 11.7. The first-order valence-corrected chi connectivity index (χ1v) is 7.50. The molecule has 0 unspecified atom stereocenters. The molecule has 0 spiro atoms. The third-order valence-corrected chi connectivity index (χ3v) is 3.54. The van der Waals surface area contributed by atoms with Gasteiger partial charge in [-0.3, -0.25) is 9.78 Å². The highest BCUT2D eigenvalue weighted by Gasteiger charge is 2.21. The topological polar surface area (TPSA) is 68.3 Å². The number of para-hydroxylation sites is 1. The summed E-state index contributed by atoms with van der Waals surface area (Å²) in [5.74, 6) is -0.784. The average Bonchev–Trinajstić information content (AvgIpc) is 2.59. The van der Waals surface area contributed by atoms with Crippen LogP contribution in [0, 0.1) is 0 Å². The first kappa shape index (κ1) is 16.7. The highest BCUT2D eigenvalue weighted by atomic mass is 16.5. The number of unbranched alkanes of at least 4 members (excludes halogenated alkanes) is 1. The van der Waals surface area contributed by atoms with E-state index in [1.54, 1.807) is 12.1 Å². The number of amides is 1. The van der Waals surface area contributed by atoms with E-state index < -0.39 is 12.0 Å². The highest BCUT2D eigenvalue weighted by molar-refractivity contribution is 5.99. The summed E-state index contributed by atoms with van der Waals surface area (Å²) in [5, 5.41) is 3.60. The standard InChI is InChI=1S/C18H20N2O3/c1-3-4-5-10-16(18(22)23-2)20-17(21)14-11-13-8-6-7-9-15(13)19-12-14/h3,6-9,11-12,16H,1,4-5,10H2,2H3,(H,20,21)/t16-/m1/s1. The number of methoxy groups -OCH3 is 1. The van der Waals surface area contributed by atoms with Gasteiger partial charge in [0, 0.05) is 11.6 Å². The molecule has 0 radical (unpaired) electrons. The van der Waals surface area contributed by atoms with Crippen LogP contribution in [0.3, 0.4) is 0 Å². The fraction of sp³-hybridized carbons (Fsp3) is 0.278. The Morgan fingerprint density at radius 2 is 2.17 bits per heavy atom. The molecular weight excluding hydrogens is 292 g/mol. The van der Waals surface area contributed by atoms with Crippen LogP contribution in [0.2, 0.25) is 0 Å². The van der Waals surface area contributed by atoms with Crippen molar-refractivity contribution in [1.82, 2.24) is 10.3 Å². The van der Waals surface area contributed by atoms with E-state index in [0.717, 1.165) is 23.7 Å². The van der Waals surface area contributed by atoms with E-state index in [9.17, 15) is 9.59 Å². The Hall–Kier alpha value is -2.69. The van der Waals surface area contributed by atoms with Crippen molar-refractivity contribution in [2.75, 3.05) is 7.11 Å². The van der Waals surface area contributed by atoms with Gasteiger partial charge in [-0.25, -0.2) is 4.79 Å². The molecule has 0 aliphatic heterocycles. The Labute approximate surface area is 135 Å². The van der Waals surface area contributed by atoms with Crippen LogP contribution in [0.4, 0.5) is 0 Å². The van der Waals surface area contributed by atoms with Crippen molar-refractivity contribution in [2.45, 2.75) is 25.3 Å². The lowest BCUT2D eigenvalue weighted by molar-refractivity contribution is -0.143. The van der Waals surface area contributed by atoms with Gasteiger partial charge in [-0.05, 0) is 31.4 Å². The number of nitrogens with zero attached hydrogens (tertiary/aromatic N) is 1. The molecule has 2 aromatic rings. The van der Waals surface area contributed by atoms with Crippen molar-refractivity contribution >= 4 is 22.8 Å². The van der Waals surface area contributed by atoms with E-state index in [-0.39, 0.29) is 5.91 Å². The Bertz CT molecular complexity index is 712. The van der Waals surface area contributed by atoms with Crippen molar-refractivity contribution in [1.29, 1.82) is 0 Å². The van der Waals surface area contributed by atoms with E-state index in [2.05, 4.69) is 16.9 Å². The molecule has 0 fully saturated rings. The zero-order chi connectivity index (χ0) is 16.7. The fourth-order valence-electron chi connectivity index (χ4n) is 2.29. The van der Waals surface area contributed by atoms with Gasteiger partial charge in [0.25, 0.3) is 5.91 Å². The lowest BCUT2D eigenvalue weighted by atomic mass is 10.1. The van der Waals surface area contributed by atoms with Crippen molar-refractivity contribution in [3.8, 4) is 0 Å². The molecule has 1 amide bonds. The molecule has 23 heavy (non-hydrogen) atoms. The van der Waals surface area contributed by atoms with Crippen LogP contribution in [0.1, 0.15) is 29.6 Å². The highest BCUT2D eigenvalue weighted by Crippen LogP contribution is 2.13. The van der Waals surface area contributed by atoms with Gasteiger partial charge in [-0.15, -0.1) is 6.58 Å². The molecular formula is C18H20N2O3. The van der Waals surface area contributed by atoms with E-state index >= 15 is 0 Å². The number of nitrogens with one attached hydrogen (secondary N) is 1. The summed E-state index contributed by atoms with van der Waals surface area (Å²) in [4.78, 5) is 28.4. The number of pyridine rings is 1. The minimum Gasteiger partial charge on any atom is -0.467 e. The van der Waals surface area contributed by atoms with Crippen molar-refractivity contribution < 1.29 is 14.3 Å². The van der Waals surface area contributed by atoms with Crippen LogP contribution in [-0.4, -0.2) is 30.0 Å². The van der Waals surface area contributed by atoms with Gasteiger partial charge in [0.05, 0.1) is 18.2 Å². The average molecular weight is 312 g/mol. The van der Waals surface area contributed by atoms with Crippen LogP contribution in [0.5, 0.6) is 0 Å². The zero-order valence-electron chi connectivity index (χ0n) is 13.1. The molecule has 1 aromatic heterocycles. The predicted octanol–water partition coefficient (Wildman–Crippen LogP) is 2.86. The monoisotopic (exact) mass is 312 g/mol. The number of hydrogen-bond acceptors (Lipinski definition) is 4. The van der Waals surface area contributed by atoms with Crippen LogP contribution >= 0.6 is 0 Å². The van der Waals surface area contributed by atoms with Gasteiger partial charge in [0.1, 0.15) is 6.04 Å². The number of aromatic nitrogens is 1. The van der Waals surface area contributed by atoms with Crippen molar-refractivity contribution in [3.05, 3.63) is 54.7 Å². The van der Waals surface area contributed by atoms with Crippen LogP contribution in [-0.2, 0) is 9.53 Å². The van der Waals surface area contributed by atoms with Crippen LogP contribution in [0.25, 0.3) is 10.9 Å². The lowest BCUT2D eigenvalue weighted by Crippen LogP contribution is -2.41. The fourth-order valence-corrected chi connectivity index (χ4v) is 2.29. The number of carbonyl (C=O) groups excluding carboxylic acids is 2. The molecule has 5 heteroatoms. The Morgan fingerprint density at radius 1 is 1.39 bits per heavy atom. The van der Waals surface area contributed by atoms with E-state index in [0.29, 0.717) is 12.0 Å². The summed E-state index contributed by atoms with van der Waals surface area (Å²) in [7, 11) is 1.31. The largest absolute Gasteiger partial charge is 0.467 e. The number of allylic oxidation sites excluding steroid dienone is 1. The molecule has 1 heterocycles. The van der Waals surface area contributed by atoms with Gasteiger partial charge in [-0.2, -0.15) is 0 Å². The Morgan fingerprint density at radius 3 is 2.91 bits per heavy atom.